The molecule has 0 radical (unpaired) electrons. The van der Waals surface area contributed by atoms with Crippen LogP contribution in [-0.4, -0.2) is 16.6 Å². The molecule has 1 atom stereocenters. The van der Waals surface area contributed by atoms with E-state index in [1.54, 1.807) is 0 Å². The third-order valence-corrected chi connectivity index (χ3v) is 3.92. The molecule has 1 N–H and O–H groups in total. The fourth-order valence-electron chi connectivity index (χ4n) is 2.47. The summed E-state index contributed by atoms with van der Waals surface area (Å²) in [7, 11) is 0. The average molecular weight is 319 g/mol. The van der Waals surface area contributed by atoms with E-state index in [0.29, 0.717) is 0 Å². The zero-order valence-electron chi connectivity index (χ0n) is 10.5. The van der Waals surface area contributed by atoms with E-state index in [2.05, 4.69) is 31.9 Å². The average Bonchev–Trinajstić information content (AvgIpc) is 2.45. The highest BCUT2D eigenvalue weighted by Gasteiger charge is 2.23. The SMILES string of the molecule is OC1CCN(Cc2ccc(Br)cn2)c2ccccc21. The molecule has 3 nitrogen and oxygen atoms in total. The maximum atomic E-state index is 10.0. The molecule has 0 saturated carbocycles. The summed E-state index contributed by atoms with van der Waals surface area (Å²) in [6, 6.07) is 12.1. The summed E-state index contributed by atoms with van der Waals surface area (Å²) < 4.78 is 0.991. The van der Waals surface area contributed by atoms with E-state index in [4.69, 9.17) is 0 Å². The number of anilines is 1. The normalized spacial score (nSPS) is 18.2. The second-order valence-electron chi connectivity index (χ2n) is 4.75. The molecule has 1 aliphatic rings. The largest absolute Gasteiger partial charge is 0.388 e. The molecule has 0 saturated heterocycles. The summed E-state index contributed by atoms with van der Waals surface area (Å²) in [5, 5.41) is 10.0. The van der Waals surface area contributed by atoms with Gasteiger partial charge in [-0.25, -0.2) is 0 Å². The maximum absolute atomic E-state index is 10.0. The number of fused-ring (bicyclic) bond motifs is 1. The van der Waals surface area contributed by atoms with Crippen LogP contribution in [0, 0.1) is 0 Å². The van der Waals surface area contributed by atoms with Crippen molar-refractivity contribution in [3.05, 3.63) is 58.3 Å². The van der Waals surface area contributed by atoms with E-state index >= 15 is 0 Å². The van der Waals surface area contributed by atoms with Gasteiger partial charge >= 0.3 is 0 Å². The van der Waals surface area contributed by atoms with Crippen LogP contribution in [0.2, 0.25) is 0 Å². The molecule has 1 aromatic heterocycles. The molecule has 1 aromatic carbocycles. The smallest absolute Gasteiger partial charge is 0.0826 e. The Bertz CT molecular complexity index is 571. The van der Waals surface area contributed by atoms with Crippen LogP contribution in [0.15, 0.2) is 47.1 Å². The van der Waals surface area contributed by atoms with E-state index in [1.807, 2.05) is 36.5 Å². The van der Waals surface area contributed by atoms with E-state index in [9.17, 15) is 5.11 Å². The molecule has 0 amide bonds. The Labute approximate surface area is 121 Å². The number of nitrogens with zero attached hydrogens (tertiary/aromatic N) is 2. The number of benzene rings is 1. The van der Waals surface area contributed by atoms with Gasteiger partial charge in [-0.1, -0.05) is 18.2 Å². The summed E-state index contributed by atoms with van der Waals surface area (Å²) in [4.78, 5) is 6.69. The molecule has 0 spiro atoms. The summed E-state index contributed by atoms with van der Waals surface area (Å²) in [6.07, 6.45) is 2.25. The van der Waals surface area contributed by atoms with Gasteiger partial charge in [-0.05, 0) is 40.5 Å². The minimum Gasteiger partial charge on any atom is -0.388 e. The first kappa shape index (κ1) is 12.6. The molecule has 0 bridgehead atoms. The summed E-state index contributed by atoms with van der Waals surface area (Å²) in [5.74, 6) is 0. The molecule has 0 fully saturated rings. The summed E-state index contributed by atoms with van der Waals surface area (Å²) in [6.45, 7) is 1.63. The van der Waals surface area contributed by atoms with E-state index in [1.165, 1.54) is 0 Å². The van der Waals surface area contributed by atoms with Crippen LogP contribution in [0.25, 0.3) is 0 Å². The molecule has 3 rings (SSSR count). The van der Waals surface area contributed by atoms with Gasteiger partial charge in [-0.2, -0.15) is 0 Å². The Hall–Kier alpha value is -1.39. The van der Waals surface area contributed by atoms with E-state index in [0.717, 1.165) is 40.9 Å². The molecule has 1 aliphatic heterocycles. The number of hydrogen-bond acceptors (Lipinski definition) is 3. The molecule has 2 aromatic rings. The van der Waals surface area contributed by atoms with Crippen molar-refractivity contribution in [1.82, 2.24) is 4.98 Å². The molecule has 98 valence electrons. The third kappa shape index (κ3) is 2.65. The van der Waals surface area contributed by atoms with Gasteiger partial charge in [-0.15, -0.1) is 0 Å². The van der Waals surface area contributed by atoms with Crippen molar-refractivity contribution in [1.29, 1.82) is 0 Å². The third-order valence-electron chi connectivity index (χ3n) is 3.45. The lowest BCUT2D eigenvalue weighted by molar-refractivity contribution is 0.164. The molecule has 2 heterocycles. The number of pyridine rings is 1. The Balaban J connectivity index is 1.86. The number of aliphatic hydroxyl groups excluding tert-OH is 1. The molecular formula is C15H15BrN2O. The predicted octanol–water partition coefficient (Wildman–Crippen LogP) is 3.29. The Morgan fingerprint density at radius 2 is 2.11 bits per heavy atom. The van der Waals surface area contributed by atoms with Crippen LogP contribution in [-0.2, 0) is 6.54 Å². The zero-order valence-corrected chi connectivity index (χ0v) is 12.0. The van der Waals surface area contributed by atoms with Crippen LogP contribution < -0.4 is 4.90 Å². The summed E-state index contributed by atoms with van der Waals surface area (Å²) >= 11 is 3.40. The van der Waals surface area contributed by atoms with Crippen LogP contribution in [0.1, 0.15) is 23.8 Å². The number of aromatic nitrogens is 1. The fourth-order valence-corrected chi connectivity index (χ4v) is 2.71. The second-order valence-corrected chi connectivity index (χ2v) is 5.67. The summed E-state index contributed by atoms with van der Waals surface area (Å²) in [5.41, 5.74) is 3.17. The maximum Gasteiger partial charge on any atom is 0.0826 e. The van der Waals surface area contributed by atoms with Gasteiger partial charge < -0.3 is 10.0 Å². The molecular weight excluding hydrogens is 304 g/mol. The molecule has 4 heteroatoms. The number of hydrogen-bond donors (Lipinski definition) is 1. The standard InChI is InChI=1S/C15H15BrN2O/c16-11-5-6-12(17-9-11)10-18-8-7-15(19)13-3-1-2-4-14(13)18/h1-6,9,15,19H,7-8,10H2. The fraction of sp³-hybridized carbons (Fsp3) is 0.267. The van der Waals surface area contributed by atoms with Crippen molar-refractivity contribution >= 4 is 21.6 Å². The van der Waals surface area contributed by atoms with Gasteiger partial charge in [0.15, 0.2) is 0 Å². The molecule has 1 unspecified atom stereocenters. The van der Waals surface area contributed by atoms with Crippen LogP contribution >= 0.6 is 15.9 Å². The first-order valence-corrected chi connectivity index (χ1v) is 7.16. The number of halogens is 1. The van der Waals surface area contributed by atoms with Gasteiger partial charge in [0.25, 0.3) is 0 Å². The lowest BCUT2D eigenvalue weighted by Gasteiger charge is -2.33. The van der Waals surface area contributed by atoms with Gasteiger partial charge in [0.2, 0.25) is 0 Å². The lowest BCUT2D eigenvalue weighted by Crippen LogP contribution is -2.30. The van der Waals surface area contributed by atoms with Crippen LogP contribution in [0.3, 0.4) is 0 Å². The van der Waals surface area contributed by atoms with E-state index in [-0.39, 0.29) is 6.10 Å². The lowest BCUT2D eigenvalue weighted by atomic mass is 9.99. The topological polar surface area (TPSA) is 36.4 Å². The second kappa shape index (κ2) is 5.31. The number of aliphatic hydroxyl groups is 1. The Morgan fingerprint density at radius 1 is 1.26 bits per heavy atom. The highest BCUT2D eigenvalue weighted by Crippen LogP contribution is 2.34. The highest BCUT2D eigenvalue weighted by atomic mass is 79.9. The van der Waals surface area contributed by atoms with Crippen molar-refractivity contribution in [2.45, 2.75) is 19.1 Å². The first-order valence-electron chi connectivity index (χ1n) is 6.36. The van der Waals surface area contributed by atoms with Gasteiger partial charge in [0.1, 0.15) is 0 Å². The number of rotatable bonds is 2. The monoisotopic (exact) mass is 318 g/mol. The Morgan fingerprint density at radius 3 is 2.89 bits per heavy atom. The predicted molar refractivity (Wildman–Crippen MR) is 79.0 cm³/mol. The first-order chi connectivity index (χ1) is 9.24. The van der Waals surface area contributed by atoms with Gasteiger partial charge in [0.05, 0.1) is 18.3 Å². The molecule has 0 aliphatic carbocycles. The van der Waals surface area contributed by atoms with Gasteiger partial charge in [-0.3, -0.25) is 4.98 Å². The van der Waals surface area contributed by atoms with Gasteiger partial charge in [0, 0.05) is 28.5 Å². The number of para-hydroxylation sites is 1. The minimum atomic E-state index is -0.342. The van der Waals surface area contributed by atoms with Crippen LogP contribution in [0.5, 0.6) is 0 Å². The Kier molecular flexibility index (Phi) is 3.53. The zero-order chi connectivity index (χ0) is 13.2. The van der Waals surface area contributed by atoms with Crippen molar-refractivity contribution in [2.24, 2.45) is 0 Å². The van der Waals surface area contributed by atoms with E-state index < -0.39 is 0 Å². The highest BCUT2D eigenvalue weighted by molar-refractivity contribution is 9.10. The van der Waals surface area contributed by atoms with Crippen LogP contribution in [0.4, 0.5) is 5.69 Å². The quantitative estimate of drug-likeness (QED) is 0.923. The molecule has 19 heavy (non-hydrogen) atoms. The van der Waals surface area contributed by atoms with Crippen molar-refractivity contribution < 1.29 is 5.11 Å². The van der Waals surface area contributed by atoms with Crippen molar-refractivity contribution in [3.8, 4) is 0 Å². The van der Waals surface area contributed by atoms with Crippen molar-refractivity contribution in [3.63, 3.8) is 0 Å². The van der Waals surface area contributed by atoms with Crippen molar-refractivity contribution in [2.75, 3.05) is 11.4 Å². The minimum absolute atomic E-state index is 0.342.